The van der Waals surface area contributed by atoms with Gasteiger partial charge >= 0.3 is 11.9 Å². The van der Waals surface area contributed by atoms with Crippen molar-refractivity contribution in [3.05, 3.63) is 24.0 Å². The number of alkyl halides is 2. The van der Waals surface area contributed by atoms with Crippen molar-refractivity contribution in [2.24, 2.45) is 0 Å². The molecule has 134 valence electrons. The minimum absolute atomic E-state index is 0.00983. The van der Waals surface area contributed by atoms with Crippen LogP contribution in [0.5, 0.6) is 0 Å². The zero-order valence-corrected chi connectivity index (χ0v) is 13.3. The molecule has 0 N–H and O–H groups in total. The van der Waals surface area contributed by atoms with Gasteiger partial charge < -0.3 is 14.1 Å². The molecule has 0 radical (unpaired) electrons. The second-order valence-corrected chi connectivity index (χ2v) is 5.51. The number of esters is 1. The highest BCUT2D eigenvalue weighted by Gasteiger charge is 2.35. The molecule has 0 bridgehead atoms. The lowest BCUT2D eigenvalue weighted by atomic mass is 10.1. The lowest BCUT2D eigenvalue weighted by molar-refractivity contribution is -0.0222. The minimum Gasteiger partial charge on any atom is -0.459 e. The summed E-state index contributed by atoms with van der Waals surface area (Å²) in [5.74, 6) is -4.64. The Bertz CT molecular complexity index is 771. The Kier molecular flexibility index (Phi) is 4.60. The third kappa shape index (κ3) is 3.72. The first kappa shape index (κ1) is 17.2. The molecule has 0 atom stereocenters. The van der Waals surface area contributed by atoms with Crippen molar-refractivity contribution in [2.45, 2.75) is 25.7 Å². The smallest absolute Gasteiger partial charge is 0.396 e. The number of carbonyl (C=O) groups is 1. The predicted octanol–water partition coefficient (Wildman–Crippen LogP) is 2.68. The zero-order valence-electron chi connectivity index (χ0n) is 13.3. The molecule has 1 saturated heterocycles. The predicted molar refractivity (Wildman–Crippen MR) is 79.8 cm³/mol. The van der Waals surface area contributed by atoms with E-state index in [1.807, 2.05) is 0 Å². The molecule has 0 spiro atoms. The lowest BCUT2D eigenvalue weighted by Crippen LogP contribution is -2.40. The number of aromatic nitrogens is 3. The van der Waals surface area contributed by atoms with Gasteiger partial charge in [-0.2, -0.15) is 0 Å². The van der Waals surface area contributed by atoms with E-state index in [2.05, 4.69) is 15.2 Å². The van der Waals surface area contributed by atoms with Gasteiger partial charge in [-0.1, -0.05) is 0 Å². The Morgan fingerprint density at radius 3 is 2.72 bits per heavy atom. The van der Waals surface area contributed by atoms with Gasteiger partial charge in [-0.15, -0.1) is 10.2 Å². The third-order valence-corrected chi connectivity index (χ3v) is 3.74. The number of nitrogens with zero attached hydrogens (tertiary/aromatic N) is 4. The molecule has 0 unspecified atom stereocenters. The van der Waals surface area contributed by atoms with E-state index in [0.29, 0.717) is 0 Å². The van der Waals surface area contributed by atoms with Crippen LogP contribution in [0.25, 0.3) is 11.5 Å². The number of piperidine rings is 1. The number of hydrogen-bond acceptors (Lipinski definition) is 7. The molecule has 1 aliphatic heterocycles. The van der Waals surface area contributed by atoms with Crippen molar-refractivity contribution in [1.29, 1.82) is 0 Å². The Morgan fingerprint density at radius 1 is 1.36 bits per heavy atom. The van der Waals surface area contributed by atoms with Crippen LogP contribution in [0.1, 0.15) is 30.5 Å². The summed E-state index contributed by atoms with van der Waals surface area (Å²) >= 11 is 0. The Morgan fingerprint density at radius 2 is 2.08 bits per heavy atom. The highest BCUT2D eigenvalue weighted by molar-refractivity contribution is 5.84. The van der Waals surface area contributed by atoms with Crippen molar-refractivity contribution in [3.8, 4) is 11.5 Å². The maximum atomic E-state index is 14.3. The zero-order chi connectivity index (χ0) is 18.0. The molecule has 25 heavy (non-hydrogen) atoms. The summed E-state index contributed by atoms with van der Waals surface area (Å²) in [7, 11) is 0. The van der Waals surface area contributed by atoms with Gasteiger partial charge in [0.15, 0.2) is 11.6 Å². The van der Waals surface area contributed by atoms with Gasteiger partial charge in [0.05, 0.1) is 12.2 Å². The fraction of sp³-hybridized carbons (Fsp3) is 0.467. The maximum Gasteiger partial charge on any atom is 0.396 e. The Labute approximate surface area is 140 Å². The summed E-state index contributed by atoms with van der Waals surface area (Å²) in [4.78, 5) is 16.9. The number of pyridine rings is 1. The molecule has 0 amide bonds. The quantitative estimate of drug-likeness (QED) is 0.779. The van der Waals surface area contributed by atoms with Gasteiger partial charge in [0.2, 0.25) is 5.89 Å². The summed E-state index contributed by atoms with van der Waals surface area (Å²) in [6.07, 6.45) is 0.596. The van der Waals surface area contributed by atoms with Gasteiger partial charge in [-0.05, 0) is 13.0 Å². The summed E-state index contributed by atoms with van der Waals surface area (Å²) in [5, 5.41) is 7.19. The molecule has 1 fully saturated rings. The highest BCUT2D eigenvalue weighted by atomic mass is 19.3. The normalized spacial score (nSPS) is 16.7. The van der Waals surface area contributed by atoms with Crippen LogP contribution in [0.15, 0.2) is 16.7 Å². The highest BCUT2D eigenvalue weighted by Crippen LogP contribution is 2.31. The standard InChI is InChI=1S/C15H15F3N4O3/c1-2-24-14(23)13-21-20-12(25-13)9-7-10(16)11(19-8-9)22-5-3-15(17,18)4-6-22/h7-8H,2-6H2,1H3. The van der Waals surface area contributed by atoms with Gasteiger partial charge in [0, 0.05) is 32.1 Å². The van der Waals surface area contributed by atoms with Gasteiger partial charge in [0.1, 0.15) is 0 Å². The van der Waals surface area contributed by atoms with E-state index < -0.39 is 17.7 Å². The summed E-state index contributed by atoms with van der Waals surface area (Å²) in [6, 6.07) is 1.11. The molecule has 1 aliphatic rings. The molecule has 0 aliphatic carbocycles. The molecule has 3 rings (SSSR count). The molecule has 0 aromatic carbocycles. The molecule has 7 nitrogen and oxygen atoms in total. The lowest BCUT2D eigenvalue weighted by Gasteiger charge is -2.32. The number of carbonyl (C=O) groups excluding carboxylic acids is 1. The number of rotatable bonds is 4. The topological polar surface area (TPSA) is 81.3 Å². The van der Waals surface area contributed by atoms with Crippen molar-refractivity contribution in [2.75, 3.05) is 24.6 Å². The summed E-state index contributed by atoms with van der Waals surface area (Å²) < 4.78 is 50.6. The average molecular weight is 356 g/mol. The first-order valence-electron chi connectivity index (χ1n) is 7.69. The number of ether oxygens (including phenoxy) is 1. The van der Waals surface area contributed by atoms with Crippen molar-refractivity contribution in [1.82, 2.24) is 15.2 Å². The van der Waals surface area contributed by atoms with E-state index in [1.54, 1.807) is 6.92 Å². The number of hydrogen-bond donors (Lipinski definition) is 0. The molecular weight excluding hydrogens is 341 g/mol. The molecule has 2 aromatic heterocycles. The van der Waals surface area contributed by atoms with Crippen LogP contribution in [0.2, 0.25) is 0 Å². The summed E-state index contributed by atoms with van der Waals surface area (Å²) in [6.45, 7) is 1.81. The average Bonchev–Trinajstić information content (AvgIpc) is 3.06. The van der Waals surface area contributed by atoms with Crippen LogP contribution in [0.4, 0.5) is 19.0 Å². The molecule has 10 heteroatoms. The van der Waals surface area contributed by atoms with Gasteiger partial charge in [-0.3, -0.25) is 0 Å². The fourth-order valence-corrected chi connectivity index (χ4v) is 2.44. The maximum absolute atomic E-state index is 14.3. The first-order chi connectivity index (χ1) is 11.9. The van der Waals surface area contributed by atoms with Crippen molar-refractivity contribution >= 4 is 11.8 Å². The second-order valence-electron chi connectivity index (χ2n) is 5.51. The van der Waals surface area contributed by atoms with E-state index >= 15 is 0 Å². The van der Waals surface area contributed by atoms with E-state index in [0.717, 1.165) is 6.07 Å². The molecular formula is C15H15F3N4O3. The van der Waals surface area contributed by atoms with Crippen molar-refractivity contribution < 1.29 is 27.1 Å². The molecule has 0 saturated carbocycles. The van der Waals surface area contributed by atoms with E-state index in [1.165, 1.54) is 11.1 Å². The van der Waals surface area contributed by atoms with E-state index in [9.17, 15) is 18.0 Å². The monoisotopic (exact) mass is 356 g/mol. The minimum atomic E-state index is -2.72. The molecule has 2 aromatic rings. The van der Waals surface area contributed by atoms with E-state index in [4.69, 9.17) is 9.15 Å². The van der Waals surface area contributed by atoms with Gasteiger partial charge in [-0.25, -0.2) is 22.9 Å². The van der Waals surface area contributed by atoms with Crippen LogP contribution in [-0.4, -0.2) is 46.8 Å². The molecule has 3 heterocycles. The van der Waals surface area contributed by atoms with E-state index in [-0.39, 0.29) is 55.7 Å². The van der Waals surface area contributed by atoms with Crippen LogP contribution in [-0.2, 0) is 4.74 Å². The van der Waals surface area contributed by atoms with Crippen LogP contribution >= 0.6 is 0 Å². The second kappa shape index (κ2) is 6.69. The fourth-order valence-electron chi connectivity index (χ4n) is 2.44. The van der Waals surface area contributed by atoms with Crippen LogP contribution in [0.3, 0.4) is 0 Å². The van der Waals surface area contributed by atoms with Gasteiger partial charge in [0.25, 0.3) is 5.92 Å². The number of anilines is 1. The van der Waals surface area contributed by atoms with Crippen LogP contribution in [0, 0.1) is 5.82 Å². The Hall–Kier alpha value is -2.65. The van der Waals surface area contributed by atoms with Crippen LogP contribution < -0.4 is 4.90 Å². The van der Waals surface area contributed by atoms with Crippen molar-refractivity contribution in [3.63, 3.8) is 0 Å². The first-order valence-corrected chi connectivity index (χ1v) is 7.69. The SMILES string of the molecule is CCOC(=O)c1nnc(-c2cnc(N3CCC(F)(F)CC3)c(F)c2)o1. The summed E-state index contributed by atoms with van der Waals surface area (Å²) in [5.41, 5.74) is 0.173. The number of halogens is 3. The Balaban J connectivity index is 1.77. The third-order valence-electron chi connectivity index (χ3n) is 3.74. The largest absolute Gasteiger partial charge is 0.459 e.